The van der Waals surface area contributed by atoms with E-state index < -0.39 is 10.0 Å². The zero-order chi connectivity index (χ0) is 23.1. The van der Waals surface area contributed by atoms with Crippen LogP contribution in [0.5, 0.6) is 0 Å². The highest BCUT2D eigenvalue weighted by molar-refractivity contribution is 7.89. The van der Waals surface area contributed by atoms with Crippen LogP contribution in [0, 0.1) is 0 Å². The van der Waals surface area contributed by atoms with E-state index in [1.165, 1.54) is 9.87 Å². The lowest BCUT2D eigenvalue weighted by Gasteiger charge is -2.34. The van der Waals surface area contributed by atoms with Gasteiger partial charge in [0.2, 0.25) is 15.9 Å². The first kappa shape index (κ1) is 24.7. The van der Waals surface area contributed by atoms with Crippen LogP contribution in [0.25, 0.3) is 0 Å². The van der Waals surface area contributed by atoms with Gasteiger partial charge < -0.3 is 5.32 Å². The Hall–Kier alpha value is -1.97. The van der Waals surface area contributed by atoms with Gasteiger partial charge >= 0.3 is 0 Å². The minimum absolute atomic E-state index is 0.101. The number of carbonyl (C=O) groups is 1. The van der Waals surface area contributed by atoms with Crippen LogP contribution in [0.2, 0.25) is 5.02 Å². The first-order chi connectivity index (χ1) is 15.3. The van der Waals surface area contributed by atoms with Crippen molar-refractivity contribution in [2.45, 2.75) is 25.3 Å². The minimum Gasteiger partial charge on any atom is -0.325 e. The molecule has 0 radical (unpaired) electrons. The number of benzene rings is 2. The summed E-state index contributed by atoms with van der Waals surface area (Å²) in [6, 6.07) is 14.3. The van der Waals surface area contributed by atoms with Crippen molar-refractivity contribution >= 4 is 33.2 Å². The third kappa shape index (κ3) is 6.52. The van der Waals surface area contributed by atoms with E-state index in [1.807, 2.05) is 38.1 Å². The van der Waals surface area contributed by atoms with Crippen LogP contribution in [0.3, 0.4) is 0 Å². The van der Waals surface area contributed by atoms with Crippen LogP contribution in [0.4, 0.5) is 5.69 Å². The Kier molecular flexibility index (Phi) is 8.67. The molecule has 32 heavy (non-hydrogen) atoms. The van der Waals surface area contributed by atoms with Crippen molar-refractivity contribution in [3.8, 4) is 0 Å². The number of nitrogens with one attached hydrogen (secondary N) is 1. The maximum atomic E-state index is 12.6. The van der Waals surface area contributed by atoms with Crippen molar-refractivity contribution in [1.29, 1.82) is 0 Å². The van der Waals surface area contributed by atoms with Crippen molar-refractivity contribution in [2.75, 3.05) is 51.1 Å². The van der Waals surface area contributed by atoms with Gasteiger partial charge in [0, 0.05) is 56.5 Å². The topological polar surface area (TPSA) is 73.0 Å². The fraction of sp³-hybridized carbons (Fsp3) is 0.435. The molecule has 9 heteroatoms. The molecule has 1 aliphatic heterocycles. The van der Waals surface area contributed by atoms with Crippen molar-refractivity contribution in [2.24, 2.45) is 0 Å². The first-order valence-corrected chi connectivity index (χ1v) is 12.7. The molecule has 0 spiro atoms. The second kappa shape index (κ2) is 11.2. The zero-order valence-electron chi connectivity index (χ0n) is 18.6. The summed E-state index contributed by atoms with van der Waals surface area (Å²) in [4.78, 5) is 17.2. The molecule has 2 aromatic rings. The summed E-state index contributed by atoms with van der Waals surface area (Å²) in [7, 11) is -3.50. The quantitative estimate of drug-likeness (QED) is 0.599. The van der Waals surface area contributed by atoms with Crippen molar-refractivity contribution in [3.63, 3.8) is 0 Å². The molecule has 0 saturated carbocycles. The fourth-order valence-corrected chi connectivity index (χ4v) is 5.36. The number of amides is 1. The SMILES string of the molecule is CCN(CC)S(=O)(=O)c1ccc(NC(=O)CN2CCN(Cc3ccc(Cl)cc3)CC2)cc1. The summed E-state index contributed by atoms with van der Waals surface area (Å²) in [6.45, 7) is 9.09. The molecule has 0 bridgehead atoms. The third-order valence-electron chi connectivity index (χ3n) is 5.63. The molecule has 1 heterocycles. The third-order valence-corrected chi connectivity index (χ3v) is 7.95. The van der Waals surface area contributed by atoms with Crippen LogP contribution >= 0.6 is 11.6 Å². The molecule has 1 saturated heterocycles. The Morgan fingerprint density at radius 3 is 2.06 bits per heavy atom. The largest absolute Gasteiger partial charge is 0.325 e. The highest BCUT2D eigenvalue weighted by atomic mass is 35.5. The summed E-state index contributed by atoms with van der Waals surface area (Å²) >= 11 is 5.95. The number of piperazine rings is 1. The number of rotatable bonds is 9. The Balaban J connectivity index is 1.46. The monoisotopic (exact) mass is 478 g/mol. The lowest BCUT2D eigenvalue weighted by atomic mass is 10.2. The predicted molar refractivity (Wildman–Crippen MR) is 128 cm³/mol. The number of sulfonamides is 1. The van der Waals surface area contributed by atoms with E-state index in [0.29, 0.717) is 25.3 Å². The van der Waals surface area contributed by atoms with Gasteiger partial charge in [-0.2, -0.15) is 4.31 Å². The molecule has 0 atom stereocenters. The van der Waals surface area contributed by atoms with Crippen molar-refractivity contribution in [1.82, 2.24) is 14.1 Å². The van der Waals surface area contributed by atoms with E-state index in [2.05, 4.69) is 15.1 Å². The Morgan fingerprint density at radius 1 is 0.938 bits per heavy atom. The number of carbonyl (C=O) groups excluding carboxylic acids is 1. The molecule has 7 nitrogen and oxygen atoms in total. The normalized spacial score (nSPS) is 15.8. The van der Waals surface area contributed by atoms with Gasteiger partial charge in [-0.3, -0.25) is 14.6 Å². The van der Waals surface area contributed by atoms with E-state index in [0.717, 1.165) is 37.7 Å². The summed E-state index contributed by atoms with van der Waals surface area (Å²) in [6.07, 6.45) is 0. The molecule has 0 aromatic heterocycles. The summed E-state index contributed by atoms with van der Waals surface area (Å²) in [5.41, 5.74) is 1.82. The van der Waals surface area contributed by atoms with Crippen molar-refractivity contribution in [3.05, 3.63) is 59.1 Å². The second-order valence-electron chi connectivity index (χ2n) is 7.84. The molecule has 1 N–H and O–H groups in total. The van der Waals surface area contributed by atoms with Crippen LogP contribution in [0.1, 0.15) is 19.4 Å². The van der Waals surface area contributed by atoms with Gasteiger partial charge in [-0.15, -0.1) is 0 Å². The maximum Gasteiger partial charge on any atom is 0.243 e. The highest BCUT2D eigenvalue weighted by Gasteiger charge is 2.22. The van der Waals surface area contributed by atoms with E-state index in [-0.39, 0.29) is 10.8 Å². The number of anilines is 1. The van der Waals surface area contributed by atoms with Gasteiger partial charge in [0.15, 0.2) is 0 Å². The lowest BCUT2D eigenvalue weighted by molar-refractivity contribution is -0.117. The van der Waals surface area contributed by atoms with E-state index in [1.54, 1.807) is 24.3 Å². The number of hydrogen-bond acceptors (Lipinski definition) is 5. The van der Waals surface area contributed by atoms with Gasteiger partial charge in [-0.1, -0.05) is 37.6 Å². The number of nitrogens with zero attached hydrogens (tertiary/aromatic N) is 3. The fourth-order valence-electron chi connectivity index (χ4n) is 3.78. The summed E-state index contributed by atoms with van der Waals surface area (Å²) in [5, 5.41) is 3.61. The van der Waals surface area contributed by atoms with Crippen LogP contribution in [-0.2, 0) is 21.4 Å². The van der Waals surface area contributed by atoms with Gasteiger partial charge in [0.05, 0.1) is 11.4 Å². The molecule has 1 fully saturated rings. The van der Waals surface area contributed by atoms with Gasteiger partial charge in [0.1, 0.15) is 0 Å². The molecule has 0 aliphatic carbocycles. The molecular weight excluding hydrogens is 448 g/mol. The molecule has 3 rings (SSSR count). The van der Waals surface area contributed by atoms with Gasteiger partial charge in [0.25, 0.3) is 0 Å². The Labute approximate surface area is 196 Å². The van der Waals surface area contributed by atoms with E-state index >= 15 is 0 Å². The zero-order valence-corrected chi connectivity index (χ0v) is 20.2. The molecular formula is C23H31ClN4O3S. The summed E-state index contributed by atoms with van der Waals surface area (Å²) in [5.74, 6) is -0.101. The van der Waals surface area contributed by atoms with Gasteiger partial charge in [-0.25, -0.2) is 8.42 Å². The number of halogens is 1. The molecule has 174 valence electrons. The average molecular weight is 479 g/mol. The Morgan fingerprint density at radius 2 is 1.50 bits per heavy atom. The predicted octanol–water partition coefficient (Wildman–Crippen LogP) is 3.13. The molecule has 2 aromatic carbocycles. The maximum absolute atomic E-state index is 12.6. The van der Waals surface area contributed by atoms with Crippen molar-refractivity contribution < 1.29 is 13.2 Å². The molecule has 1 amide bonds. The van der Waals surface area contributed by atoms with Crippen LogP contribution in [0.15, 0.2) is 53.4 Å². The molecule has 1 aliphatic rings. The average Bonchev–Trinajstić information content (AvgIpc) is 2.77. The van der Waals surface area contributed by atoms with Gasteiger partial charge in [-0.05, 0) is 42.0 Å². The highest BCUT2D eigenvalue weighted by Crippen LogP contribution is 2.18. The van der Waals surface area contributed by atoms with E-state index in [9.17, 15) is 13.2 Å². The molecule has 0 unspecified atom stereocenters. The number of hydrogen-bond donors (Lipinski definition) is 1. The smallest absolute Gasteiger partial charge is 0.243 e. The standard InChI is InChI=1S/C23H31ClN4O3S/c1-3-28(4-2)32(30,31)22-11-9-21(10-12-22)25-23(29)18-27-15-13-26(14-16-27)17-19-5-7-20(24)8-6-19/h5-12H,3-4,13-18H2,1-2H3,(H,25,29). The minimum atomic E-state index is -3.50. The van der Waals surface area contributed by atoms with Crippen LogP contribution < -0.4 is 5.32 Å². The Bertz CT molecular complexity index is 985. The first-order valence-electron chi connectivity index (χ1n) is 10.9. The van der Waals surface area contributed by atoms with E-state index in [4.69, 9.17) is 11.6 Å². The second-order valence-corrected chi connectivity index (χ2v) is 10.2. The van der Waals surface area contributed by atoms with Crippen LogP contribution in [-0.4, -0.2) is 74.2 Å². The lowest BCUT2D eigenvalue weighted by Crippen LogP contribution is -2.48. The summed E-state index contributed by atoms with van der Waals surface area (Å²) < 4.78 is 26.5.